The van der Waals surface area contributed by atoms with Crippen LogP contribution in [0.25, 0.3) is 0 Å². The number of benzene rings is 1. The van der Waals surface area contributed by atoms with E-state index in [1.165, 1.54) is 6.20 Å². The molecule has 0 saturated heterocycles. The molecular weight excluding hydrogens is 309 g/mol. The van der Waals surface area contributed by atoms with Crippen LogP contribution in [-0.4, -0.2) is 33.3 Å². The average Bonchev–Trinajstić information content (AvgIpc) is 2.90. The fourth-order valence-corrected chi connectivity index (χ4v) is 2.10. The van der Waals surface area contributed by atoms with Gasteiger partial charge < -0.3 is 9.30 Å². The van der Waals surface area contributed by atoms with E-state index in [-0.39, 0.29) is 6.42 Å². The largest absolute Gasteiger partial charge is 0.465 e. The molecule has 23 heavy (non-hydrogen) atoms. The van der Waals surface area contributed by atoms with Crippen LogP contribution < -0.4 is 0 Å². The Morgan fingerprint density at radius 1 is 1.43 bits per heavy atom. The molecule has 2 rings (SSSR count). The fraction of sp³-hybridized carbons (Fsp3) is 0.214. The molecule has 1 aromatic heterocycles. The van der Waals surface area contributed by atoms with E-state index < -0.39 is 39.3 Å². The van der Waals surface area contributed by atoms with Crippen molar-refractivity contribution in [2.45, 2.75) is 6.42 Å². The van der Waals surface area contributed by atoms with Crippen molar-refractivity contribution < 1.29 is 23.6 Å². The van der Waals surface area contributed by atoms with Crippen LogP contribution in [0.4, 0.5) is 10.1 Å². The highest BCUT2D eigenvalue weighted by molar-refractivity contribution is 6.09. The molecule has 9 heteroatoms. The lowest BCUT2D eigenvalue weighted by Gasteiger charge is -2.08. The zero-order valence-corrected chi connectivity index (χ0v) is 12.3. The number of ether oxygens (including phenoxy) is 1. The summed E-state index contributed by atoms with van der Waals surface area (Å²) in [6.07, 6.45) is 2.78. The summed E-state index contributed by atoms with van der Waals surface area (Å²) < 4.78 is 19.6. The van der Waals surface area contributed by atoms with E-state index in [0.29, 0.717) is 11.9 Å². The SMILES string of the molecule is COC(=O)c1cc(F)cc([N+](=O)[O-])c1C(=O)Cc1nccn1C. The molecule has 8 nitrogen and oxygen atoms in total. The Morgan fingerprint density at radius 3 is 2.65 bits per heavy atom. The van der Waals surface area contributed by atoms with Crippen molar-refractivity contribution in [3.05, 3.63) is 57.4 Å². The summed E-state index contributed by atoms with van der Waals surface area (Å²) in [6, 6.07) is 1.34. The monoisotopic (exact) mass is 321 g/mol. The van der Waals surface area contributed by atoms with Gasteiger partial charge in [-0.3, -0.25) is 14.9 Å². The van der Waals surface area contributed by atoms with Gasteiger partial charge in [0, 0.05) is 19.4 Å². The molecule has 1 heterocycles. The molecule has 0 aliphatic carbocycles. The van der Waals surface area contributed by atoms with Crippen LogP contribution in [0.5, 0.6) is 0 Å². The fourth-order valence-electron chi connectivity index (χ4n) is 2.10. The second-order valence-electron chi connectivity index (χ2n) is 4.65. The van der Waals surface area contributed by atoms with Crippen molar-refractivity contribution in [2.75, 3.05) is 7.11 Å². The third-order valence-corrected chi connectivity index (χ3v) is 3.20. The van der Waals surface area contributed by atoms with Crippen LogP contribution in [0.2, 0.25) is 0 Å². The highest BCUT2D eigenvalue weighted by Crippen LogP contribution is 2.26. The third kappa shape index (κ3) is 3.23. The van der Waals surface area contributed by atoms with Crippen LogP contribution in [0, 0.1) is 15.9 Å². The first-order chi connectivity index (χ1) is 10.8. The van der Waals surface area contributed by atoms with Gasteiger partial charge in [0.2, 0.25) is 0 Å². The number of carbonyl (C=O) groups excluding carboxylic acids is 2. The minimum atomic E-state index is -1.03. The molecule has 1 aromatic carbocycles. The Kier molecular flexibility index (Phi) is 4.49. The minimum Gasteiger partial charge on any atom is -0.465 e. The summed E-state index contributed by atoms with van der Waals surface area (Å²) in [6.45, 7) is 0. The number of nitro benzene ring substituents is 1. The molecule has 0 spiro atoms. The molecule has 2 aromatic rings. The number of Topliss-reactive ketones (excluding diaryl/α,β-unsaturated/α-hetero) is 1. The molecule has 0 saturated carbocycles. The van der Waals surface area contributed by atoms with Gasteiger partial charge in [0.05, 0.1) is 30.1 Å². The zero-order valence-electron chi connectivity index (χ0n) is 12.3. The van der Waals surface area contributed by atoms with Crippen molar-refractivity contribution in [1.29, 1.82) is 0 Å². The van der Waals surface area contributed by atoms with Crippen LogP contribution >= 0.6 is 0 Å². The average molecular weight is 321 g/mol. The van der Waals surface area contributed by atoms with Crippen LogP contribution in [-0.2, 0) is 18.2 Å². The molecule has 0 atom stereocenters. The van der Waals surface area contributed by atoms with E-state index in [1.807, 2.05) is 0 Å². The number of rotatable bonds is 5. The number of nitro groups is 1. The Hall–Kier alpha value is -3.10. The van der Waals surface area contributed by atoms with Crippen LogP contribution in [0.15, 0.2) is 24.5 Å². The molecule has 0 aliphatic heterocycles. The van der Waals surface area contributed by atoms with Crippen LogP contribution in [0.1, 0.15) is 26.5 Å². The number of aryl methyl sites for hydroxylation is 1. The predicted molar refractivity (Wildman–Crippen MR) is 75.6 cm³/mol. The van der Waals surface area contributed by atoms with Gasteiger partial charge in [0.25, 0.3) is 5.69 Å². The first kappa shape index (κ1) is 16.3. The van der Waals surface area contributed by atoms with Gasteiger partial charge in [-0.25, -0.2) is 14.2 Å². The van der Waals surface area contributed by atoms with Gasteiger partial charge in [-0.2, -0.15) is 0 Å². The second kappa shape index (κ2) is 6.34. The van der Waals surface area contributed by atoms with E-state index in [1.54, 1.807) is 17.8 Å². The quantitative estimate of drug-likeness (QED) is 0.359. The lowest BCUT2D eigenvalue weighted by atomic mass is 9.99. The van der Waals surface area contributed by atoms with E-state index in [0.717, 1.165) is 13.2 Å². The Balaban J connectivity index is 2.58. The maximum Gasteiger partial charge on any atom is 0.338 e. The number of hydrogen-bond donors (Lipinski definition) is 0. The van der Waals surface area contributed by atoms with Gasteiger partial charge in [-0.1, -0.05) is 0 Å². The highest BCUT2D eigenvalue weighted by atomic mass is 19.1. The first-order valence-electron chi connectivity index (χ1n) is 6.40. The Bertz CT molecular complexity index is 800. The number of aromatic nitrogens is 2. The maximum absolute atomic E-state index is 13.5. The number of esters is 1. The van der Waals surface area contributed by atoms with Crippen molar-refractivity contribution in [2.24, 2.45) is 7.05 Å². The van der Waals surface area contributed by atoms with Crippen molar-refractivity contribution in [1.82, 2.24) is 9.55 Å². The smallest absolute Gasteiger partial charge is 0.338 e. The van der Waals surface area contributed by atoms with Crippen LogP contribution in [0.3, 0.4) is 0 Å². The molecule has 0 amide bonds. The molecule has 0 bridgehead atoms. The van der Waals surface area contributed by atoms with Gasteiger partial charge in [-0.05, 0) is 6.07 Å². The number of methoxy groups -OCH3 is 1. The number of ketones is 1. The summed E-state index contributed by atoms with van der Waals surface area (Å²) in [4.78, 5) is 38.4. The van der Waals surface area contributed by atoms with Gasteiger partial charge in [0.15, 0.2) is 5.78 Å². The maximum atomic E-state index is 13.5. The number of carbonyl (C=O) groups is 2. The highest BCUT2D eigenvalue weighted by Gasteiger charge is 2.30. The molecule has 120 valence electrons. The topological polar surface area (TPSA) is 104 Å². The van der Waals surface area contributed by atoms with Gasteiger partial charge in [0.1, 0.15) is 17.2 Å². The van der Waals surface area contributed by atoms with Crippen molar-refractivity contribution >= 4 is 17.4 Å². The van der Waals surface area contributed by atoms with E-state index in [2.05, 4.69) is 9.72 Å². The predicted octanol–water partition coefficient (Wildman–Crippen LogP) is 1.68. The molecular formula is C14H12FN3O5. The van der Waals surface area contributed by atoms with Crippen molar-refractivity contribution in [3.63, 3.8) is 0 Å². The zero-order chi connectivity index (χ0) is 17.1. The third-order valence-electron chi connectivity index (χ3n) is 3.20. The molecule has 0 radical (unpaired) electrons. The summed E-state index contributed by atoms with van der Waals surface area (Å²) >= 11 is 0. The number of halogens is 1. The van der Waals surface area contributed by atoms with Gasteiger partial charge in [-0.15, -0.1) is 0 Å². The summed E-state index contributed by atoms with van der Waals surface area (Å²) in [5.74, 6) is -2.42. The number of hydrogen-bond acceptors (Lipinski definition) is 6. The lowest BCUT2D eigenvalue weighted by Crippen LogP contribution is -2.17. The standard InChI is InChI=1S/C14H12FN3O5/c1-17-4-3-16-12(17)7-11(19)13-9(14(20)23-2)5-8(15)6-10(13)18(21)22/h3-6H,7H2,1-2H3. The van der Waals surface area contributed by atoms with E-state index >= 15 is 0 Å². The Morgan fingerprint density at radius 2 is 2.13 bits per heavy atom. The van der Waals surface area contributed by atoms with Gasteiger partial charge >= 0.3 is 5.97 Å². The lowest BCUT2D eigenvalue weighted by molar-refractivity contribution is -0.385. The molecule has 0 N–H and O–H groups in total. The molecule has 0 unspecified atom stereocenters. The van der Waals surface area contributed by atoms with E-state index in [4.69, 9.17) is 0 Å². The summed E-state index contributed by atoms with van der Waals surface area (Å²) in [7, 11) is 2.68. The molecule has 0 aliphatic rings. The van der Waals surface area contributed by atoms with Crippen molar-refractivity contribution in [3.8, 4) is 0 Å². The summed E-state index contributed by atoms with van der Waals surface area (Å²) in [5.41, 5.74) is -1.77. The number of nitrogens with zero attached hydrogens (tertiary/aromatic N) is 3. The van der Waals surface area contributed by atoms with E-state index in [9.17, 15) is 24.1 Å². The number of imidazole rings is 1. The summed E-state index contributed by atoms with van der Waals surface area (Å²) in [5, 5.41) is 11.1. The Labute approximate surface area is 129 Å². The molecule has 0 fully saturated rings. The minimum absolute atomic E-state index is 0.278. The normalized spacial score (nSPS) is 10.4. The second-order valence-corrected chi connectivity index (χ2v) is 4.65. The first-order valence-corrected chi connectivity index (χ1v) is 6.40.